The van der Waals surface area contributed by atoms with Crippen LogP contribution < -0.4 is 5.32 Å². The van der Waals surface area contributed by atoms with E-state index in [-0.39, 0.29) is 0 Å². The molecule has 0 aliphatic heterocycles. The van der Waals surface area contributed by atoms with Crippen molar-refractivity contribution in [1.29, 1.82) is 0 Å². The lowest BCUT2D eigenvalue weighted by Gasteiger charge is -2.02. The predicted molar refractivity (Wildman–Crippen MR) is 90.1 cm³/mol. The molecule has 1 saturated carbocycles. The van der Waals surface area contributed by atoms with Gasteiger partial charge in [-0.1, -0.05) is 18.2 Å². The molecule has 0 unspecified atom stereocenters. The third-order valence-electron chi connectivity index (χ3n) is 4.21. The smallest absolute Gasteiger partial charge is 0.0486 e. The molecule has 2 aromatic heterocycles. The molecule has 1 fully saturated rings. The molecule has 4 rings (SSSR count). The number of nitrogens with one attached hydrogen (secondary N) is 1. The Kier molecular flexibility index (Phi) is 3.53. The van der Waals surface area contributed by atoms with Crippen molar-refractivity contribution in [3.63, 3.8) is 0 Å². The van der Waals surface area contributed by atoms with Gasteiger partial charge in [0.25, 0.3) is 0 Å². The van der Waals surface area contributed by atoms with Crippen molar-refractivity contribution in [1.82, 2.24) is 9.88 Å². The van der Waals surface area contributed by atoms with E-state index in [1.807, 2.05) is 0 Å². The molecule has 1 N–H and O–H groups in total. The van der Waals surface area contributed by atoms with Gasteiger partial charge in [0, 0.05) is 29.7 Å². The highest BCUT2D eigenvalue weighted by atomic mass is 32.1. The average Bonchev–Trinajstić information content (AvgIpc) is 3.07. The van der Waals surface area contributed by atoms with Gasteiger partial charge in [-0.25, -0.2) is 0 Å². The quantitative estimate of drug-likeness (QED) is 0.726. The first-order chi connectivity index (χ1) is 10.4. The first kappa shape index (κ1) is 13.1. The standard InChI is InChI=1S/C18H20N2S/c1-2-4-18-17(3-1)15(7-9-19-16-5-6-16)12-20(18)11-14-8-10-21-13-14/h1-4,8,10,12-13,16,19H,5-7,9,11H2. The predicted octanol–water partition coefficient (Wildman–Crippen LogP) is 4.05. The second-order valence-electron chi connectivity index (χ2n) is 5.91. The Bertz CT molecular complexity index is 723. The maximum absolute atomic E-state index is 3.62. The molecule has 0 radical (unpaired) electrons. The second-order valence-corrected chi connectivity index (χ2v) is 6.69. The first-order valence-electron chi connectivity index (χ1n) is 7.71. The SMILES string of the molecule is c1ccc2c(c1)c(CCNC1CC1)cn2Cc1ccsc1. The lowest BCUT2D eigenvalue weighted by atomic mass is 10.1. The topological polar surface area (TPSA) is 17.0 Å². The molecule has 108 valence electrons. The summed E-state index contributed by atoms with van der Waals surface area (Å²) in [5, 5.41) is 9.42. The van der Waals surface area contributed by atoms with E-state index in [0.29, 0.717) is 0 Å². The fourth-order valence-electron chi connectivity index (χ4n) is 2.93. The zero-order valence-electron chi connectivity index (χ0n) is 12.1. The van der Waals surface area contributed by atoms with E-state index >= 15 is 0 Å². The molecule has 0 amide bonds. The van der Waals surface area contributed by atoms with Gasteiger partial charge in [-0.05, 0) is 59.8 Å². The number of para-hydroxylation sites is 1. The van der Waals surface area contributed by atoms with Crippen molar-refractivity contribution in [2.75, 3.05) is 6.54 Å². The largest absolute Gasteiger partial charge is 0.343 e. The number of thiophene rings is 1. The molecule has 0 bridgehead atoms. The highest BCUT2D eigenvalue weighted by Gasteiger charge is 2.20. The molecular weight excluding hydrogens is 276 g/mol. The Hall–Kier alpha value is -1.58. The van der Waals surface area contributed by atoms with E-state index in [0.717, 1.165) is 25.6 Å². The number of fused-ring (bicyclic) bond motifs is 1. The molecule has 3 aromatic rings. The molecule has 1 aliphatic carbocycles. The number of nitrogens with zero attached hydrogens (tertiary/aromatic N) is 1. The van der Waals surface area contributed by atoms with E-state index in [1.54, 1.807) is 11.3 Å². The lowest BCUT2D eigenvalue weighted by Crippen LogP contribution is -2.19. The maximum Gasteiger partial charge on any atom is 0.0486 e. The zero-order valence-corrected chi connectivity index (χ0v) is 12.9. The fraction of sp³-hybridized carbons (Fsp3) is 0.333. The van der Waals surface area contributed by atoms with Crippen molar-refractivity contribution in [3.05, 3.63) is 58.4 Å². The molecule has 21 heavy (non-hydrogen) atoms. The number of hydrogen-bond acceptors (Lipinski definition) is 2. The van der Waals surface area contributed by atoms with Crippen LogP contribution >= 0.6 is 11.3 Å². The van der Waals surface area contributed by atoms with Gasteiger partial charge in [0.2, 0.25) is 0 Å². The van der Waals surface area contributed by atoms with Crippen molar-refractivity contribution in [2.45, 2.75) is 31.8 Å². The maximum atomic E-state index is 3.62. The van der Waals surface area contributed by atoms with Crippen LogP contribution in [0.1, 0.15) is 24.0 Å². The molecule has 0 saturated heterocycles. The van der Waals surface area contributed by atoms with Crippen LogP contribution in [0.2, 0.25) is 0 Å². The summed E-state index contributed by atoms with van der Waals surface area (Å²) >= 11 is 1.77. The molecule has 3 heteroatoms. The summed E-state index contributed by atoms with van der Waals surface area (Å²) in [5.41, 5.74) is 4.21. The summed E-state index contributed by atoms with van der Waals surface area (Å²) < 4.78 is 2.39. The van der Waals surface area contributed by atoms with Crippen LogP contribution in [0.25, 0.3) is 10.9 Å². The molecule has 1 aromatic carbocycles. The fourth-order valence-corrected chi connectivity index (χ4v) is 3.59. The van der Waals surface area contributed by atoms with Crippen molar-refractivity contribution in [3.8, 4) is 0 Å². The Labute approximate surface area is 129 Å². The van der Waals surface area contributed by atoms with Crippen LogP contribution in [-0.4, -0.2) is 17.2 Å². The number of benzene rings is 1. The van der Waals surface area contributed by atoms with E-state index in [1.165, 1.54) is 34.9 Å². The van der Waals surface area contributed by atoms with E-state index in [4.69, 9.17) is 0 Å². The summed E-state index contributed by atoms with van der Waals surface area (Å²) in [6.45, 7) is 2.07. The molecular formula is C18H20N2S. The van der Waals surface area contributed by atoms with Gasteiger partial charge in [-0.15, -0.1) is 0 Å². The minimum absolute atomic E-state index is 0.796. The number of rotatable bonds is 6. The van der Waals surface area contributed by atoms with Crippen molar-refractivity contribution in [2.24, 2.45) is 0 Å². The third-order valence-corrected chi connectivity index (χ3v) is 4.94. The van der Waals surface area contributed by atoms with Crippen molar-refractivity contribution >= 4 is 22.2 Å². The Morgan fingerprint density at radius 1 is 1.19 bits per heavy atom. The van der Waals surface area contributed by atoms with Crippen LogP contribution in [0.4, 0.5) is 0 Å². The third kappa shape index (κ3) is 2.89. The summed E-state index contributed by atoms with van der Waals surface area (Å²) in [6.07, 6.45) is 6.18. The summed E-state index contributed by atoms with van der Waals surface area (Å²) in [7, 11) is 0. The van der Waals surface area contributed by atoms with E-state index in [2.05, 4.69) is 57.2 Å². The van der Waals surface area contributed by atoms with Gasteiger partial charge in [0.1, 0.15) is 0 Å². The molecule has 0 spiro atoms. The van der Waals surface area contributed by atoms with Gasteiger partial charge in [-0.2, -0.15) is 11.3 Å². The normalized spacial score (nSPS) is 14.9. The Balaban J connectivity index is 1.60. The number of aromatic nitrogens is 1. The van der Waals surface area contributed by atoms with Crippen LogP contribution in [0.3, 0.4) is 0 Å². The first-order valence-corrected chi connectivity index (χ1v) is 8.65. The second kappa shape index (κ2) is 5.66. The Morgan fingerprint density at radius 3 is 2.90 bits per heavy atom. The highest BCUT2D eigenvalue weighted by Crippen LogP contribution is 2.24. The monoisotopic (exact) mass is 296 g/mol. The minimum atomic E-state index is 0.796. The average molecular weight is 296 g/mol. The van der Waals surface area contributed by atoms with Crippen molar-refractivity contribution < 1.29 is 0 Å². The molecule has 1 aliphatic rings. The summed E-state index contributed by atoms with van der Waals surface area (Å²) in [4.78, 5) is 0. The van der Waals surface area contributed by atoms with Gasteiger partial charge in [-0.3, -0.25) is 0 Å². The van der Waals surface area contributed by atoms with Crippen LogP contribution in [0, 0.1) is 0 Å². The summed E-state index contributed by atoms with van der Waals surface area (Å²) in [6, 6.07) is 11.8. The number of hydrogen-bond donors (Lipinski definition) is 1. The molecule has 2 heterocycles. The molecule has 2 nitrogen and oxygen atoms in total. The van der Waals surface area contributed by atoms with Gasteiger partial charge < -0.3 is 9.88 Å². The lowest BCUT2D eigenvalue weighted by molar-refractivity contribution is 0.682. The van der Waals surface area contributed by atoms with Crippen LogP contribution in [0.5, 0.6) is 0 Å². The van der Waals surface area contributed by atoms with Crippen LogP contribution in [-0.2, 0) is 13.0 Å². The van der Waals surface area contributed by atoms with Gasteiger partial charge in [0.05, 0.1) is 0 Å². The summed E-state index contributed by atoms with van der Waals surface area (Å²) in [5.74, 6) is 0. The minimum Gasteiger partial charge on any atom is -0.343 e. The molecule has 0 atom stereocenters. The van der Waals surface area contributed by atoms with E-state index < -0.39 is 0 Å². The van der Waals surface area contributed by atoms with Gasteiger partial charge >= 0.3 is 0 Å². The van der Waals surface area contributed by atoms with Crippen LogP contribution in [0.15, 0.2) is 47.3 Å². The zero-order chi connectivity index (χ0) is 14.1. The van der Waals surface area contributed by atoms with Gasteiger partial charge in [0.15, 0.2) is 0 Å². The Morgan fingerprint density at radius 2 is 2.10 bits per heavy atom. The highest BCUT2D eigenvalue weighted by molar-refractivity contribution is 7.07. The van der Waals surface area contributed by atoms with E-state index in [9.17, 15) is 0 Å².